The third kappa shape index (κ3) is 3.58. The molecule has 3 rings (SSSR count). The first-order valence-electron chi connectivity index (χ1n) is 7.33. The predicted molar refractivity (Wildman–Crippen MR) is 90.0 cm³/mol. The molecule has 122 valence electrons. The molecule has 8 heteroatoms. The van der Waals surface area contributed by atoms with Gasteiger partial charge in [-0.3, -0.25) is 14.3 Å². The Balaban J connectivity index is 1.64. The Hall–Kier alpha value is -2.79. The van der Waals surface area contributed by atoms with Crippen molar-refractivity contribution >= 4 is 29.3 Å². The van der Waals surface area contributed by atoms with Crippen molar-refractivity contribution in [2.24, 2.45) is 0 Å². The van der Waals surface area contributed by atoms with Crippen molar-refractivity contribution in [3.8, 4) is 6.07 Å². The molecule has 1 aromatic heterocycles. The van der Waals surface area contributed by atoms with E-state index in [0.717, 1.165) is 0 Å². The number of amides is 2. The highest BCUT2D eigenvalue weighted by molar-refractivity contribution is 7.99. The van der Waals surface area contributed by atoms with Crippen LogP contribution in [-0.4, -0.2) is 44.2 Å². The Morgan fingerprint density at radius 2 is 2.17 bits per heavy atom. The lowest BCUT2D eigenvalue weighted by atomic mass is 10.2. The Morgan fingerprint density at radius 1 is 1.38 bits per heavy atom. The first-order valence-corrected chi connectivity index (χ1v) is 8.48. The molecule has 1 N–H and O–H groups in total. The van der Waals surface area contributed by atoms with Crippen LogP contribution in [0.2, 0.25) is 0 Å². The van der Waals surface area contributed by atoms with Crippen LogP contribution in [0.15, 0.2) is 42.7 Å². The molecule has 2 aromatic rings. The number of thioether (sulfide) groups is 1. The lowest BCUT2D eigenvalue weighted by Crippen LogP contribution is -2.45. The number of hydrogen-bond acceptors (Lipinski definition) is 5. The molecule has 0 unspecified atom stereocenters. The summed E-state index contributed by atoms with van der Waals surface area (Å²) in [4.78, 5) is 26.5. The number of nitrogens with one attached hydrogen (secondary N) is 1. The quantitative estimate of drug-likeness (QED) is 0.905. The molecule has 2 heterocycles. The van der Waals surface area contributed by atoms with Crippen LogP contribution in [0, 0.1) is 11.3 Å². The summed E-state index contributed by atoms with van der Waals surface area (Å²) in [5, 5.41) is 15.6. The second-order valence-corrected chi connectivity index (χ2v) is 6.26. The van der Waals surface area contributed by atoms with Gasteiger partial charge < -0.3 is 10.2 Å². The van der Waals surface area contributed by atoms with Gasteiger partial charge in [0.2, 0.25) is 11.8 Å². The van der Waals surface area contributed by atoms with Gasteiger partial charge in [0.05, 0.1) is 17.5 Å². The number of hydrogen-bond donors (Lipinski definition) is 1. The Morgan fingerprint density at radius 3 is 2.83 bits per heavy atom. The van der Waals surface area contributed by atoms with Gasteiger partial charge in [-0.1, -0.05) is 0 Å². The summed E-state index contributed by atoms with van der Waals surface area (Å²) in [6.07, 6.45) is 3.33. The standard InChI is InChI=1S/C16H15N5O2S/c17-8-12-2-4-13(5-3-12)19-16(23)14-10-24-11-21(14)15(22)9-20-7-1-6-18-20/h1-7,14H,9-11H2,(H,19,23)/t14-/m1/s1. The zero-order valence-corrected chi connectivity index (χ0v) is 13.6. The Bertz CT molecular complexity index is 767. The van der Waals surface area contributed by atoms with Crippen LogP contribution < -0.4 is 5.32 Å². The fraction of sp³-hybridized carbons (Fsp3) is 0.250. The van der Waals surface area contributed by atoms with Gasteiger partial charge in [-0.15, -0.1) is 11.8 Å². The molecule has 1 atom stereocenters. The van der Waals surface area contributed by atoms with Crippen LogP contribution in [-0.2, 0) is 16.1 Å². The number of nitrogens with zero attached hydrogens (tertiary/aromatic N) is 4. The Labute approximate surface area is 143 Å². The van der Waals surface area contributed by atoms with E-state index in [1.807, 2.05) is 6.07 Å². The van der Waals surface area contributed by atoms with Crippen molar-refractivity contribution in [1.82, 2.24) is 14.7 Å². The van der Waals surface area contributed by atoms with Crippen molar-refractivity contribution in [2.45, 2.75) is 12.6 Å². The molecule has 1 aliphatic rings. The van der Waals surface area contributed by atoms with Gasteiger partial charge in [-0.2, -0.15) is 10.4 Å². The molecule has 0 saturated carbocycles. The summed E-state index contributed by atoms with van der Waals surface area (Å²) in [6, 6.07) is 9.90. The van der Waals surface area contributed by atoms with E-state index in [2.05, 4.69) is 10.4 Å². The van der Waals surface area contributed by atoms with Gasteiger partial charge in [0.1, 0.15) is 12.6 Å². The zero-order valence-electron chi connectivity index (χ0n) is 12.8. The Kier molecular flexibility index (Phi) is 4.82. The first kappa shape index (κ1) is 16.1. The maximum absolute atomic E-state index is 12.5. The molecule has 1 aliphatic heterocycles. The van der Waals surface area contributed by atoms with E-state index in [-0.39, 0.29) is 18.4 Å². The van der Waals surface area contributed by atoms with Gasteiger partial charge in [-0.05, 0) is 30.3 Å². The van der Waals surface area contributed by atoms with Crippen LogP contribution in [0.25, 0.3) is 0 Å². The second kappa shape index (κ2) is 7.19. The van der Waals surface area contributed by atoms with E-state index in [9.17, 15) is 9.59 Å². The van der Waals surface area contributed by atoms with Crippen molar-refractivity contribution < 1.29 is 9.59 Å². The van der Waals surface area contributed by atoms with Crippen LogP contribution in [0.1, 0.15) is 5.56 Å². The van der Waals surface area contributed by atoms with Crippen LogP contribution in [0.4, 0.5) is 5.69 Å². The number of carbonyl (C=O) groups is 2. The maximum Gasteiger partial charge on any atom is 0.248 e. The fourth-order valence-electron chi connectivity index (χ4n) is 2.38. The summed E-state index contributed by atoms with van der Waals surface area (Å²) in [6.45, 7) is 0.119. The number of benzene rings is 1. The summed E-state index contributed by atoms with van der Waals surface area (Å²) in [5.41, 5.74) is 1.14. The van der Waals surface area contributed by atoms with Crippen LogP contribution >= 0.6 is 11.8 Å². The van der Waals surface area contributed by atoms with E-state index in [0.29, 0.717) is 22.9 Å². The normalized spacial score (nSPS) is 16.6. The molecule has 1 saturated heterocycles. The van der Waals surface area contributed by atoms with Gasteiger partial charge in [0.25, 0.3) is 0 Å². The number of anilines is 1. The SMILES string of the molecule is N#Cc1ccc(NC(=O)[C@H]2CSCN2C(=O)Cn2cccn2)cc1. The van der Waals surface area contributed by atoms with E-state index in [4.69, 9.17) is 5.26 Å². The average Bonchev–Trinajstić information content (AvgIpc) is 3.27. The fourth-order valence-corrected chi connectivity index (χ4v) is 3.56. The molecule has 1 fully saturated rings. The third-order valence-electron chi connectivity index (χ3n) is 3.64. The van der Waals surface area contributed by atoms with E-state index >= 15 is 0 Å². The smallest absolute Gasteiger partial charge is 0.248 e. The molecular formula is C16H15N5O2S. The second-order valence-electron chi connectivity index (χ2n) is 5.26. The van der Waals surface area contributed by atoms with Crippen molar-refractivity contribution in [3.05, 3.63) is 48.3 Å². The number of carbonyl (C=O) groups excluding carboxylic acids is 2. The lowest BCUT2D eigenvalue weighted by Gasteiger charge is -2.23. The van der Waals surface area contributed by atoms with Crippen LogP contribution in [0.3, 0.4) is 0 Å². The minimum atomic E-state index is -0.506. The van der Waals surface area contributed by atoms with Gasteiger partial charge in [0, 0.05) is 23.8 Å². The number of rotatable bonds is 4. The number of nitriles is 1. The third-order valence-corrected chi connectivity index (χ3v) is 4.66. The zero-order chi connectivity index (χ0) is 16.9. The first-order chi connectivity index (χ1) is 11.7. The lowest BCUT2D eigenvalue weighted by molar-refractivity contribution is -0.136. The molecule has 1 aromatic carbocycles. The highest BCUT2D eigenvalue weighted by Gasteiger charge is 2.34. The van der Waals surface area contributed by atoms with Gasteiger partial charge in [0.15, 0.2) is 0 Å². The van der Waals surface area contributed by atoms with Gasteiger partial charge in [-0.25, -0.2) is 0 Å². The molecule has 0 radical (unpaired) electrons. The topological polar surface area (TPSA) is 91.0 Å². The molecule has 24 heavy (non-hydrogen) atoms. The van der Waals surface area contributed by atoms with Crippen LogP contribution in [0.5, 0.6) is 0 Å². The number of aromatic nitrogens is 2. The maximum atomic E-state index is 12.5. The highest BCUT2D eigenvalue weighted by Crippen LogP contribution is 2.22. The van der Waals surface area contributed by atoms with E-state index in [1.165, 1.54) is 0 Å². The summed E-state index contributed by atoms with van der Waals surface area (Å²) in [5.74, 6) is 0.695. The summed E-state index contributed by atoms with van der Waals surface area (Å²) in [7, 11) is 0. The molecule has 0 bridgehead atoms. The van der Waals surface area contributed by atoms with E-state index < -0.39 is 6.04 Å². The van der Waals surface area contributed by atoms with Gasteiger partial charge >= 0.3 is 0 Å². The van der Waals surface area contributed by atoms with Crippen molar-refractivity contribution in [2.75, 3.05) is 16.9 Å². The predicted octanol–water partition coefficient (Wildman–Crippen LogP) is 1.29. The molecule has 2 amide bonds. The largest absolute Gasteiger partial charge is 0.324 e. The highest BCUT2D eigenvalue weighted by atomic mass is 32.2. The van der Waals surface area contributed by atoms with Crippen molar-refractivity contribution in [3.63, 3.8) is 0 Å². The minimum Gasteiger partial charge on any atom is -0.324 e. The molecule has 7 nitrogen and oxygen atoms in total. The van der Waals surface area contributed by atoms with E-state index in [1.54, 1.807) is 64.1 Å². The average molecular weight is 341 g/mol. The monoisotopic (exact) mass is 341 g/mol. The van der Waals surface area contributed by atoms with Crippen molar-refractivity contribution in [1.29, 1.82) is 5.26 Å². The summed E-state index contributed by atoms with van der Waals surface area (Å²) < 4.78 is 1.54. The minimum absolute atomic E-state index is 0.119. The summed E-state index contributed by atoms with van der Waals surface area (Å²) >= 11 is 1.55. The molecule has 0 spiro atoms. The molecular weight excluding hydrogens is 326 g/mol. The molecule has 0 aliphatic carbocycles.